The average molecular weight is 266 g/mol. The van der Waals surface area contributed by atoms with E-state index in [1.54, 1.807) is 18.2 Å². The molecule has 0 saturated heterocycles. The number of carbonyl (C=O) groups is 1. The number of aliphatic hydroxyl groups is 1. The number of carbonyl (C=O) groups excluding carboxylic acids is 1. The summed E-state index contributed by atoms with van der Waals surface area (Å²) in [5.74, 6) is 0.570. The molecule has 106 valence electrons. The molecule has 0 heterocycles. The van der Waals surface area contributed by atoms with E-state index in [0.29, 0.717) is 36.6 Å². The first-order chi connectivity index (χ1) is 9.13. The maximum absolute atomic E-state index is 12.3. The predicted octanol–water partition coefficient (Wildman–Crippen LogP) is 1.21. The summed E-state index contributed by atoms with van der Waals surface area (Å²) < 4.78 is 5.34. The molecule has 19 heavy (non-hydrogen) atoms. The van der Waals surface area contributed by atoms with E-state index >= 15 is 0 Å². The molecule has 1 rings (SSSR count). The SMILES string of the molecule is CCOc1ccc(C(=O)C(CC)NCCO)cc1N. The van der Waals surface area contributed by atoms with Crippen molar-refractivity contribution in [3.63, 3.8) is 0 Å². The van der Waals surface area contributed by atoms with Crippen LogP contribution in [0.15, 0.2) is 18.2 Å². The zero-order valence-corrected chi connectivity index (χ0v) is 11.5. The summed E-state index contributed by atoms with van der Waals surface area (Å²) >= 11 is 0. The van der Waals surface area contributed by atoms with E-state index in [0.717, 1.165) is 0 Å². The maximum atomic E-state index is 12.3. The van der Waals surface area contributed by atoms with Crippen molar-refractivity contribution < 1.29 is 14.6 Å². The number of hydrogen-bond donors (Lipinski definition) is 3. The summed E-state index contributed by atoms with van der Waals surface area (Å²) in [6.45, 7) is 4.74. The van der Waals surface area contributed by atoms with E-state index < -0.39 is 0 Å². The fourth-order valence-corrected chi connectivity index (χ4v) is 1.85. The minimum atomic E-state index is -0.301. The predicted molar refractivity (Wildman–Crippen MR) is 75.5 cm³/mol. The van der Waals surface area contributed by atoms with Crippen LogP contribution < -0.4 is 15.8 Å². The lowest BCUT2D eigenvalue weighted by Crippen LogP contribution is -2.37. The number of nitrogen functional groups attached to an aromatic ring is 1. The Balaban J connectivity index is 2.83. The van der Waals surface area contributed by atoms with E-state index in [9.17, 15) is 4.79 Å². The number of aliphatic hydroxyl groups excluding tert-OH is 1. The molecule has 0 fully saturated rings. The van der Waals surface area contributed by atoms with Gasteiger partial charge in [0, 0.05) is 12.1 Å². The fraction of sp³-hybridized carbons (Fsp3) is 0.500. The van der Waals surface area contributed by atoms with Crippen molar-refractivity contribution >= 4 is 11.5 Å². The third-order valence-corrected chi connectivity index (χ3v) is 2.82. The summed E-state index contributed by atoms with van der Waals surface area (Å²) in [6, 6.07) is 4.76. The van der Waals surface area contributed by atoms with E-state index in [-0.39, 0.29) is 18.4 Å². The van der Waals surface area contributed by atoms with Gasteiger partial charge in [-0.1, -0.05) is 6.92 Å². The lowest BCUT2D eigenvalue weighted by molar-refractivity contribution is 0.0937. The van der Waals surface area contributed by atoms with Gasteiger partial charge < -0.3 is 20.9 Å². The number of Topliss-reactive ketones (excluding diaryl/α,β-unsaturated/α-hetero) is 1. The summed E-state index contributed by atoms with van der Waals surface area (Å²) in [6.07, 6.45) is 0.659. The molecular weight excluding hydrogens is 244 g/mol. The largest absolute Gasteiger partial charge is 0.492 e. The molecule has 1 atom stereocenters. The molecular formula is C14H22N2O3. The highest BCUT2D eigenvalue weighted by Crippen LogP contribution is 2.23. The highest BCUT2D eigenvalue weighted by molar-refractivity contribution is 6.01. The molecule has 0 aromatic heterocycles. The molecule has 5 heteroatoms. The molecule has 0 bridgehead atoms. The van der Waals surface area contributed by atoms with Crippen LogP contribution >= 0.6 is 0 Å². The second kappa shape index (κ2) is 7.76. The van der Waals surface area contributed by atoms with Gasteiger partial charge in [0.25, 0.3) is 0 Å². The summed E-state index contributed by atoms with van der Waals surface area (Å²) in [7, 11) is 0. The van der Waals surface area contributed by atoms with Gasteiger partial charge in [-0.05, 0) is 31.5 Å². The van der Waals surface area contributed by atoms with E-state index in [1.165, 1.54) is 0 Å². The molecule has 0 aliphatic heterocycles. The zero-order valence-electron chi connectivity index (χ0n) is 11.5. The number of ketones is 1. The van der Waals surface area contributed by atoms with Gasteiger partial charge in [-0.25, -0.2) is 0 Å². The van der Waals surface area contributed by atoms with Gasteiger partial charge in [-0.15, -0.1) is 0 Å². The Labute approximate surface area is 113 Å². The molecule has 4 N–H and O–H groups in total. The minimum Gasteiger partial charge on any atom is -0.492 e. The number of rotatable bonds is 8. The average Bonchev–Trinajstić information content (AvgIpc) is 2.42. The number of hydrogen-bond acceptors (Lipinski definition) is 5. The Morgan fingerprint density at radius 2 is 2.21 bits per heavy atom. The van der Waals surface area contributed by atoms with Crippen molar-refractivity contribution in [3.05, 3.63) is 23.8 Å². The Bertz CT molecular complexity index is 421. The van der Waals surface area contributed by atoms with Crippen LogP contribution in [0.3, 0.4) is 0 Å². The van der Waals surface area contributed by atoms with Gasteiger partial charge in [-0.2, -0.15) is 0 Å². The molecule has 1 unspecified atom stereocenters. The summed E-state index contributed by atoms with van der Waals surface area (Å²) in [5, 5.41) is 11.8. The van der Waals surface area contributed by atoms with Crippen molar-refractivity contribution in [3.8, 4) is 5.75 Å². The van der Waals surface area contributed by atoms with Crippen molar-refractivity contribution in [2.24, 2.45) is 0 Å². The fourth-order valence-electron chi connectivity index (χ4n) is 1.85. The molecule has 5 nitrogen and oxygen atoms in total. The molecule has 0 aliphatic rings. The first kappa shape index (κ1) is 15.5. The highest BCUT2D eigenvalue weighted by atomic mass is 16.5. The Kier molecular flexibility index (Phi) is 6.32. The quantitative estimate of drug-likeness (QED) is 0.486. The van der Waals surface area contributed by atoms with Crippen molar-refractivity contribution in [2.45, 2.75) is 26.3 Å². The maximum Gasteiger partial charge on any atom is 0.179 e. The van der Waals surface area contributed by atoms with Crippen LogP contribution in [0.2, 0.25) is 0 Å². The minimum absolute atomic E-state index is 0.00912. The number of nitrogens with one attached hydrogen (secondary N) is 1. The van der Waals surface area contributed by atoms with E-state index in [2.05, 4.69) is 5.32 Å². The lowest BCUT2D eigenvalue weighted by atomic mass is 10.0. The third-order valence-electron chi connectivity index (χ3n) is 2.82. The van der Waals surface area contributed by atoms with Crippen LogP contribution in [0.1, 0.15) is 30.6 Å². The monoisotopic (exact) mass is 266 g/mol. The number of benzene rings is 1. The second-order valence-electron chi connectivity index (χ2n) is 4.19. The first-order valence-electron chi connectivity index (χ1n) is 6.54. The standard InChI is InChI=1S/C14H22N2O3/c1-3-12(16-7-8-17)14(18)10-5-6-13(19-4-2)11(15)9-10/h5-6,9,12,16-17H,3-4,7-8,15H2,1-2H3. The molecule has 1 aromatic rings. The number of anilines is 1. The van der Waals surface area contributed by atoms with Crippen LogP contribution in [0.25, 0.3) is 0 Å². The summed E-state index contributed by atoms with van der Waals surface area (Å²) in [4.78, 5) is 12.3. The molecule has 0 spiro atoms. The molecule has 0 saturated carbocycles. The van der Waals surface area contributed by atoms with Crippen LogP contribution in [0.5, 0.6) is 5.75 Å². The highest BCUT2D eigenvalue weighted by Gasteiger charge is 2.18. The van der Waals surface area contributed by atoms with Gasteiger partial charge in [0.15, 0.2) is 5.78 Å². The third kappa shape index (κ3) is 4.22. The number of ether oxygens (including phenoxy) is 1. The summed E-state index contributed by atoms with van der Waals surface area (Å²) in [5.41, 5.74) is 6.87. The normalized spacial score (nSPS) is 12.2. The molecule has 0 radical (unpaired) electrons. The Morgan fingerprint density at radius 1 is 1.47 bits per heavy atom. The molecule has 0 aliphatic carbocycles. The molecule has 1 aromatic carbocycles. The van der Waals surface area contributed by atoms with Gasteiger partial charge in [-0.3, -0.25) is 4.79 Å². The van der Waals surface area contributed by atoms with Gasteiger partial charge in [0.1, 0.15) is 5.75 Å². The van der Waals surface area contributed by atoms with Crippen LogP contribution in [-0.2, 0) is 0 Å². The van der Waals surface area contributed by atoms with Gasteiger partial charge in [0.05, 0.1) is 24.9 Å². The van der Waals surface area contributed by atoms with Gasteiger partial charge in [0.2, 0.25) is 0 Å². The second-order valence-corrected chi connectivity index (χ2v) is 4.19. The van der Waals surface area contributed by atoms with Crippen molar-refractivity contribution in [1.82, 2.24) is 5.32 Å². The van der Waals surface area contributed by atoms with E-state index in [1.807, 2.05) is 13.8 Å². The lowest BCUT2D eigenvalue weighted by Gasteiger charge is -2.16. The molecule has 0 amide bonds. The topological polar surface area (TPSA) is 84.6 Å². The van der Waals surface area contributed by atoms with Crippen LogP contribution in [0, 0.1) is 0 Å². The van der Waals surface area contributed by atoms with E-state index in [4.69, 9.17) is 15.6 Å². The zero-order chi connectivity index (χ0) is 14.3. The van der Waals surface area contributed by atoms with Crippen LogP contribution in [0.4, 0.5) is 5.69 Å². The van der Waals surface area contributed by atoms with Crippen molar-refractivity contribution in [2.75, 3.05) is 25.5 Å². The Morgan fingerprint density at radius 3 is 2.74 bits per heavy atom. The number of nitrogens with two attached hydrogens (primary N) is 1. The van der Waals surface area contributed by atoms with Crippen LogP contribution in [-0.4, -0.2) is 36.7 Å². The smallest absolute Gasteiger partial charge is 0.179 e. The van der Waals surface area contributed by atoms with Crippen molar-refractivity contribution in [1.29, 1.82) is 0 Å². The Hall–Kier alpha value is -1.59. The first-order valence-corrected chi connectivity index (χ1v) is 6.54. The van der Waals surface area contributed by atoms with Gasteiger partial charge >= 0.3 is 0 Å².